The van der Waals surface area contributed by atoms with Crippen LogP contribution in [-0.4, -0.2) is 35.2 Å². The maximum absolute atomic E-state index is 12.3. The average Bonchev–Trinajstić information content (AvgIpc) is 2.88. The van der Waals surface area contributed by atoms with Crippen LogP contribution in [0.4, 0.5) is 5.82 Å². The molecule has 3 heterocycles. The van der Waals surface area contributed by atoms with Crippen molar-refractivity contribution in [2.75, 3.05) is 18.0 Å². The van der Waals surface area contributed by atoms with Crippen molar-refractivity contribution < 1.29 is 9.32 Å². The van der Waals surface area contributed by atoms with E-state index in [-0.39, 0.29) is 11.9 Å². The molecule has 0 aromatic carbocycles. The third-order valence-corrected chi connectivity index (χ3v) is 4.28. The molecule has 0 aliphatic carbocycles. The quantitative estimate of drug-likeness (QED) is 0.935. The van der Waals surface area contributed by atoms with Gasteiger partial charge in [-0.25, -0.2) is 4.98 Å². The monoisotopic (exact) mass is 314 g/mol. The van der Waals surface area contributed by atoms with Gasteiger partial charge < -0.3 is 14.7 Å². The largest absolute Gasteiger partial charge is 0.361 e. The fourth-order valence-corrected chi connectivity index (χ4v) is 3.04. The maximum atomic E-state index is 12.3. The van der Waals surface area contributed by atoms with Crippen molar-refractivity contribution >= 4 is 11.7 Å². The van der Waals surface area contributed by atoms with Gasteiger partial charge in [0.05, 0.1) is 12.1 Å². The number of hydrogen-bond acceptors (Lipinski definition) is 5. The number of pyridine rings is 1. The van der Waals surface area contributed by atoms with E-state index < -0.39 is 0 Å². The third kappa shape index (κ3) is 3.70. The van der Waals surface area contributed by atoms with Gasteiger partial charge >= 0.3 is 0 Å². The Balaban J connectivity index is 1.58. The summed E-state index contributed by atoms with van der Waals surface area (Å²) >= 11 is 0. The van der Waals surface area contributed by atoms with E-state index in [4.69, 9.17) is 4.52 Å². The summed E-state index contributed by atoms with van der Waals surface area (Å²) in [5.74, 6) is 1.71. The van der Waals surface area contributed by atoms with Gasteiger partial charge in [0.1, 0.15) is 11.6 Å². The molecule has 3 rings (SSSR count). The summed E-state index contributed by atoms with van der Waals surface area (Å²) in [5, 5.41) is 7.03. The van der Waals surface area contributed by atoms with E-state index in [9.17, 15) is 4.79 Å². The van der Waals surface area contributed by atoms with Crippen LogP contribution in [-0.2, 0) is 11.2 Å². The normalized spacial score (nSPS) is 18.0. The van der Waals surface area contributed by atoms with Crippen LogP contribution >= 0.6 is 0 Å². The van der Waals surface area contributed by atoms with Crippen LogP contribution in [0.25, 0.3) is 0 Å². The van der Waals surface area contributed by atoms with Gasteiger partial charge in [0.15, 0.2) is 0 Å². The number of nitrogens with zero attached hydrogens (tertiary/aromatic N) is 3. The first-order chi connectivity index (χ1) is 11.1. The van der Waals surface area contributed by atoms with Crippen LogP contribution in [0, 0.1) is 13.8 Å². The lowest BCUT2D eigenvalue weighted by Crippen LogP contribution is -2.48. The number of amides is 1. The second kappa shape index (κ2) is 6.81. The van der Waals surface area contributed by atoms with Crippen LogP contribution in [0.3, 0.4) is 0 Å². The molecule has 1 fully saturated rings. The molecule has 0 bridgehead atoms. The molecule has 1 amide bonds. The first-order valence-corrected chi connectivity index (χ1v) is 8.00. The summed E-state index contributed by atoms with van der Waals surface area (Å²) in [7, 11) is 0. The van der Waals surface area contributed by atoms with E-state index in [1.54, 1.807) is 6.20 Å². The first kappa shape index (κ1) is 15.5. The molecule has 1 N–H and O–H groups in total. The minimum atomic E-state index is 0.0206. The smallest absolute Gasteiger partial charge is 0.224 e. The summed E-state index contributed by atoms with van der Waals surface area (Å²) < 4.78 is 5.11. The number of rotatable bonds is 4. The van der Waals surface area contributed by atoms with Crippen molar-refractivity contribution in [1.82, 2.24) is 15.5 Å². The minimum Gasteiger partial charge on any atom is -0.361 e. The first-order valence-electron chi connectivity index (χ1n) is 8.00. The molecule has 0 saturated carbocycles. The van der Waals surface area contributed by atoms with E-state index in [0.717, 1.165) is 48.8 Å². The standard InChI is InChI=1S/C17H22N4O2/c1-12-15(13(2)23-20-12)10-17(22)19-14-6-5-9-21(11-14)16-7-3-4-8-18-16/h3-4,7-8,14H,5-6,9-11H2,1-2H3,(H,19,22)/t14-/m1/s1. The number of nitrogens with one attached hydrogen (secondary N) is 1. The molecule has 0 spiro atoms. The lowest BCUT2D eigenvalue weighted by molar-refractivity contribution is -0.121. The minimum absolute atomic E-state index is 0.0206. The van der Waals surface area contributed by atoms with Gasteiger partial charge in [-0.15, -0.1) is 0 Å². The Kier molecular flexibility index (Phi) is 4.60. The van der Waals surface area contributed by atoms with Crippen LogP contribution in [0.2, 0.25) is 0 Å². The van der Waals surface area contributed by atoms with Crippen molar-refractivity contribution in [3.05, 3.63) is 41.4 Å². The maximum Gasteiger partial charge on any atom is 0.224 e. The average molecular weight is 314 g/mol. The van der Waals surface area contributed by atoms with Gasteiger partial charge in [-0.2, -0.15) is 0 Å². The van der Waals surface area contributed by atoms with Crippen LogP contribution in [0.1, 0.15) is 29.9 Å². The highest BCUT2D eigenvalue weighted by molar-refractivity contribution is 5.79. The number of anilines is 1. The fourth-order valence-electron chi connectivity index (χ4n) is 3.04. The Bertz CT molecular complexity index is 649. The van der Waals surface area contributed by atoms with Crippen LogP contribution in [0.5, 0.6) is 0 Å². The molecule has 0 unspecified atom stereocenters. The Labute approximate surface area is 135 Å². The molecule has 1 saturated heterocycles. The van der Waals surface area contributed by atoms with Gasteiger partial charge in [-0.1, -0.05) is 11.2 Å². The topological polar surface area (TPSA) is 71.3 Å². The van der Waals surface area contributed by atoms with Crippen LogP contribution in [0.15, 0.2) is 28.9 Å². The second-order valence-corrected chi connectivity index (χ2v) is 6.02. The van der Waals surface area contributed by atoms with E-state index in [2.05, 4.69) is 20.4 Å². The lowest BCUT2D eigenvalue weighted by atomic mass is 10.0. The number of carbonyl (C=O) groups excluding carboxylic acids is 1. The molecule has 1 aliphatic rings. The Hall–Kier alpha value is -2.37. The molecule has 6 nitrogen and oxygen atoms in total. The second-order valence-electron chi connectivity index (χ2n) is 6.02. The zero-order valence-electron chi connectivity index (χ0n) is 13.6. The predicted octanol–water partition coefficient (Wildman–Crippen LogP) is 2.01. The zero-order chi connectivity index (χ0) is 16.2. The summed E-state index contributed by atoms with van der Waals surface area (Å²) in [6.45, 7) is 5.48. The fraction of sp³-hybridized carbons (Fsp3) is 0.471. The summed E-state index contributed by atoms with van der Waals surface area (Å²) in [6, 6.07) is 6.06. The van der Waals surface area contributed by atoms with E-state index in [0.29, 0.717) is 6.42 Å². The van der Waals surface area contributed by atoms with E-state index in [1.807, 2.05) is 32.0 Å². The molecule has 2 aromatic heterocycles. The number of hydrogen-bond donors (Lipinski definition) is 1. The molecule has 6 heteroatoms. The van der Waals surface area contributed by atoms with Crippen molar-refractivity contribution in [3.8, 4) is 0 Å². The summed E-state index contributed by atoms with van der Waals surface area (Å²) in [6.07, 6.45) is 4.17. The van der Waals surface area contributed by atoms with E-state index in [1.165, 1.54) is 0 Å². The molecule has 0 radical (unpaired) electrons. The molecule has 1 atom stereocenters. The van der Waals surface area contributed by atoms with Crippen molar-refractivity contribution in [2.24, 2.45) is 0 Å². The van der Waals surface area contributed by atoms with Crippen molar-refractivity contribution in [1.29, 1.82) is 0 Å². The number of aryl methyl sites for hydroxylation is 2. The van der Waals surface area contributed by atoms with Crippen molar-refractivity contribution in [3.63, 3.8) is 0 Å². The molecule has 122 valence electrons. The molecule has 23 heavy (non-hydrogen) atoms. The molecular weight excluding hydrogens is 292 g/mol. The number of carbonyl (C=O) groups is 1. The van der Waals surface area contributed by atoms with Crippen LogP contribution < -0.4 is 10.2 Å². The SMILES string of the molecule is Cc1noc(C)c1CC(=O)N[C@@H]1CCCN(c2ccccn2)C1. The number of aromatic nitrogens is 2. The highest BCUT2D eigenvalue weighted by Crippen LogP contribution is 2.18. The highest BCUT2D eigenvalue weighted by Gasteiger charge is 2.23. The zero-order valence-corrected chi connectivity index (χ0v) is 13.6. The Morgan fingerprint density at radius 2 is 2.30 bits per heavy atom. The summed E-state index contributed by atoms with van der Waals surface area (Å²) in [4.78, 5) is 18.9. The Morgan fingerprint density at radius 3 is 3.00 bits per heavy atom. The van der Waals surface area contributed by atoms with Gasteiger partial charge in [-0.3, -0.25) is 4.79 Å². The van der Waals surface area contributed by atoms with Gasteiger partial charge in [0.2, 0.25) is 5.91 Å². The third-order valence-electron chi connectivity index (χ3n) is 4.28. The van der Waals surface area contributed by atoms with Gasteiger partial charge in [0, 0.05) is 30.9 Å². The molecule has 2 aromatic rings. The molecular formula is C17H22N4O2. The van der Waals surface area contributed by atoms with E-state index >= 15 is 0 Å². The number of piperidine rings is 1. The molecule has 1 aliphatic heterocycles. The highest BCUT2D eigenvalue weighted by atomic mass is 16.5. The lowest BCUT2D eigenvalue weighted by Gasteiger charge is -2.34. The van der Waals surface area contributed by atoms with Gasteiger partial charge in [-0.05, 0) is 38.8 Å². The summed E-state index contributed by atoms with van der Waals surface area (Å²) in [5.41, 5.74) is 1.68. The predicted molar refractivity (Wildman–Crippen MR) is 87.3 cm³/mol. The Morgan fingerprint density at radius 1 is 1.43 bits per heavy atom. The van der Waals surface area contributed by atoms with Gasteiger partial charge in [0.25, 0.3) is 0 Å². The van der Waals surface area contributed by atoms with Crippen molar-refractivity contribution in [2.45, 2.75) is 39.2 Å².